The molecule has 2 heterocycles. The van der Waals surface area contributed by atoms with Gasteiger partial charge in [-0.15, -0.1) is 0 Å². The van der Waals surface area contributed by atoms with Crippen LogP contribution in [-0.4, -0.2) is 30.6 Å². The molecule has 1 saturated heterocycles. The van der Waals surface area contributed by atoms with Crippen LogP contribution in [0.3, 0.4) is 0 Å². The minimum absolute atomic E-state index is 0.650. The molecule has 0 amide bonds. The minimum Gasteiger partial charge on any atom is -0.366 e. The molecule has 2 aliphatic heterocycles. The first-order valence-corrected chi connectivity index (χ1v) is 10.1. The molecule has 1 atom stereocenters. The summed E-state index contributed by atoms with van der Waals surface area (Å²) in [7, 11) is 0. The number of piperazine rings is 1. The van der Waals surface area contributed by atoms with Crippen LogP contribution >= 0.6 is 0 Å². The molecule has 27 heavy (non-hydrogen) atoms. The summed E-state index contributed by atoms with van der Waals surface area (Å²) in [5.74, 6) is 0. The Balaban J connectivity index is 1.35. The van der Waals surface area contributed by atoms with Crippen molar-refractivity contribution < 1.29 is 0 Å². The fraction of sp³-hybridized carbons (Fsp3) is 0.280. The van der Waals surface area contributed by atoms with Crippen molar-refractivity contribution in [1.29, 1.82) is 0 Å². The average molecular weight is 354 g/mol. The number of benzene rings is 3. The van der Waals surface area contributed by atoms with Crippen LogP contribution in [0.25, 0.3) is 11.1 Å². The van der Waals surface area contributed by atoms with Gasteiger partial charge in [-0.1, -0.05) is 72.8 Å². The van der Waals surface area contributed by atoms with Crippen LogP contribution in [0.2, 0.25) is 0 Å². The maximum absolute atomic E-state index is 2.65. The van der Waals surface area contributed by atoms with Crippen molar-refractivity contribution in [2.75, 3.05) is 24.5 Å². The number of hydrogen-bond acceptors (Lipinski definition) is 2. The van der Waals surface area contributed by atoms with Crippen LogP contribution in [0.5, 0.6) is 0 Å². The molecule has 0 saturated carbocycles. The maximum Gasteiger partial charge on any atom is 0.0421 e. The average Bonchev–Trinajstić information content (AvgIpc) is 2.74. The third kappa shape index (κ3) is 3.26. The van der Waals surface area contributed by atoms with Crippen LogP contribution < -0.4 is 4.90 Å². The largest absolute Gasteiger partial charge is 0.366 e. The lowest BCUT2D eigenvalue weighted by atomic mass is 9.93. The van der Waals surface area contributed by atoms with Gasteiger partial charge in [0, 0.05) is 37.9 Å². The van der Waals surface area contributed by atoms with E-state index < -0.39 is 0 Å². The predicted molar refractivity (Wildman–Crippen MR) is 113 cm³/mol. The Hall–Kier alpha value is -2.58. The fourth-order valence-corrected chi connectivity index (χ4v) is 4.75. The van der Waals surface area contributed by atoms with Crippen molar-refractivity contribution in [1.82, 2.24) is 4.90 Å². The van der Waals surface area contributed by atoms with E-state index >= 15 is 0 Å². The summed E-state index contributed by atoms with van der Waals surface area (Å²) in [4.78, 5) is 5.30. The molecule has 1 fully saturated rings. The normalized spacial score (nSPS) is 19.4. The van der Waals surface area contributed by atoms with E-state index in [2.05, 4.69) is 88.7 Å². The molecule has 3 aromatic rings. The van der Waals surface area contributed by atoms with Gasteiger partial charge < -0.3 is 4.90 Å². The standard InChI is InChI=1S/C25H26N2/c1-2-8-20(9-3-1)24-12-6-4-11-22(24)18-26-16-17-27-23(19-26)15-14-21-10-5-7-13-25(21)27/h1-13,23H,14-19H2/t23-/m1/s1. The topological polar surface area (TPSA) is 6.48 Å². The van der Waals surface area contributed by atoms with Crippen molar-refractivity contribution in [3.8, 4) is 11.1 Å². The number of fused-ring (bicyclic) bond motifs is 3. The molecule has 2 aliphatic rings. The molecular formula is C25H26N2. The van der Waals surface area contributed by atoms with Gasteiger partial charge in [0.2, 0.25) is 0 Å². The molecule has 2 nitrogen and oxygen atoms in total. The highest BCUT2D eigenvalue weighted by Gasteiger charge is 2.31. The Morgan fingerprint density at radius 1 is 0.778 bits per heavy atom. The predicted octanol–water partition coefficient (Wildman–Crippen LogP) is 4.99. The molecule has 0 radical (unpaired) electrons. The lowest BCUT2D eigenvalue weighted by Gasteiger charge is -2.46. The molecule has 0 unspecified atom stereocenters. The van der Waals surface area contributed by atoms with Crippen molar-refractivity contribution in [2.45, 2.75) is 25.4 Å². The third-order valence-electron chi connectivity index (χ3n) is 6.11. The Morgan fingerprint density at radius 3 is 2.48 bits per heavy atom. The first kappa shape index (κ1) is 16.6. The van der Waals surface area contributed by atoms with E-state index in [1.165, 1.54) is 40.8 Å². The highest BCUT2D eigenvalue weighted by atomic mass is 15.3. The second-order valence-corrected chi connectivity index (χ2v) is 7.77. The number of aryl methyl sites for hydroxylation is 1. The number of nitrogens with zero attached hydrogens (tertiary/aromatic N) is 2. The van der Waals surface area contributed by atoms with Gasteiger partial charge in [0.25, 0.3) is 0 Å². The number of para-hydroxylation sites is 1. The number of anilines is 1. The Labute approximate surface area is 162 Å². The third-order valence-corrected chi connectivity index (χ3v) is 6.11. The Morgan fingerprint density at radius 2 is 1.56 bits per heavy atom. The number of rotatable bonds is 3. The van der Waals surface area contributed by atoms with E-state index in [4.69, 9.17) is 0 Å². The van der Waals surface area contributed by atoms with Crippen LogP contribution in [0.15, 0.2) is 78.9 Å². The summed E-state index contributed by atoms with van der Waals surface area (Å²) in [5, 5.41) is 0. The van der Waals surface area contributed by atoms with E-state index in [-0.39, 0.29) is 0 Å². The summed E-state index contributed by atoms with van der Waals surface area (Å²) in [6.07, 6.45) is 2.49. The summed E-state index contributed by atoms with van der Waals surface area (Å²) in [6.45, 7) is 4.47. The quantitative estimate of drug-likeness (QED) is 0.654. The zero-order valence-corrected chi connectivity index (χ0v) is 15.7. The molecule has 3 aromatic carbocycles. The summed E-state index contributed by atoms with van der Waals surface area (Å²) in [5.41, 5.74) is 7.12. The molecular weight excluding hydrogens is 328 g/mol. The van der Waals surface area contributed by atoms with Gasteiger partial charge >= 0.3 is 0 Å². The smallest absolute Gasteiger partial charge is 0.0421 e. The van der Waals surface area contributed by atoms with Gasteiger partial charge in [0.15, 0.2) is 0 Å². The molecule has 0 N–H and O–H groups in total. The SMILES string of the molecule is c1ccc(-c2ccccc2CN2CCN3c4ccccc4CC[C@@H]3C2)cc1. The number of hydrogen-bond donors (Lipinski definition) is 0. The highest BCUT2D eigenvalue weighted by Crippen LogP contribution is 2.33. The molecule has 5 rings (SSSR count). The van der Waals surface area contributed by atoms with Crippen LogP contribution in [0.4, 0.5) is 5.69 Å². The van der Waals surface area contributed by atoms with E-state index in [0.717, 1.165) is 26.2 Å². The molecule has 0 aliphatic carbocycles. The van der Waals surface area contributed by atoms with Crippen molar-refractivity contribution in [3.63, 3.8) is 0 Å². The van der Waals surface area contributed by atoms with Crippen molar-refractivity contribution in [3.05, 3.63) is 90.0 Å². The van der Waals surface area contributed by atoms with Gasteiger partial charge in [-0.05, 0) is 41.2 Å². The first-order chi connectivity index (χ1) is 13.4. The summed E-state index contributed by atoms with van der Waals surface area (Å²) in [6, 6.07) is 29.3. The first-order valence-electron chi connectivity index (χ1n) is 10.1. The molecule has 0 bridgehead atoms. The van der Waals surface area contributed by atoms with Crippen molar-refractivity contribution in [2.24, 2.45) is 0 Å². The fourth-order valence-electron chi connectivity index (χ4n) is 4.75. The molecule has 0 aromatic heterocycles. The van der Waals surface area contributed by atoms with E-state index in [9.17, 15) is 0 Å². The summed E-state index contributed by atoms with van der Waals surface area (Å²) < 4.78 is 0. The van der Waals surface area contributed by atoms with Crippen molar-refractivity contribution >= 4 is 5.69 Å². The molecule has 136 valence electrons. The summed E-state index contributed by atoms with van der Waals surface area (Å²) >= 11 is 0. The van der Waals surface area contributed by atoms with Gasteiger partial charge in [-0.2, -0.15) is 0 Å². The lowest BCUT2D eigenvalue weighted by molar-refractivity contribution is 0.207. The van der Waals surface area contributed by atoms with Crippen LogP contribution in [0, 0.1) is 0 Å². The monoisotopic (exact) mass is 354 g/mol. The second-order valence-electron chi connectivity index (χ2n) is 7.77. The van der Waals surface area contributed by atoms with Gasteiger partial charge in [0.1, 0.15) is 0 Å². The molecule has 0 spiro atoms. The van der Waals surface area contributed by atoms with E-state index in [1.807, 2.05) is 0 Å². The zero-order chi connectivity index (χ0) is 18.1. The van der Waals surface area contributed by atoms with Gasteiger partial charge in [0.05, 0.1) is 0 Å². The van der Waals surface area contributed by atoms with Crippen LogP contribution in [0.1, 0.15) is 17.5 Å². The minimum atomic E-state index is 0.650. The van der Waals surface area contributed by atoms with E-state index in [1.54, 1.807) is 0 Å². The Kier molecular flexibility index (Phi) is 4.43. The second kappa shape index (κ2) is 7.21. The Bertz CT molecular complexity index is 918. The zero-order valence-electron chi connectivity index (χ0n) is 15.7. The maximum atomic E-state index is 2.65. The highest BCUT2D eigenvalue weighted by molar-refractivity contribution is 5.67. The van der Waals surface area contributed by atoms with E-state index in [0.29, 0.717) is 6.04 Å². The van der Waals surface area contributed by atoms with Crippen LogP contribution in [-0.2, 0) is 13.0 Å². The lowest BCUT2D eigenvalue weighted by Crippen LogP contribution is -2.54. The van der Waals surface area contributed by atoms with Gasteiger partial charge in [-0.3, -0.25) is 4.90 Å². The van der Waals surface area contributed by atoms with Gasteiger partial charge in [-0.25, -0.2) is 0 Å². The molecule has 2 heteroatoms.